The number of carbonyl (C=O) groups excluding carboxylic acids is 2. The Kier molecular flexibility index (Phi) is 6.73. The van der Waals surface area contributed by atoms with Gasteiger partial charge in [0.05, 0.1) is 43.0 Å². The molecule has 0 saturated carbocycles. The van der Waals surface area contributed by atoms with Crippen LogP contribution < -0.4 is 10.0 Å². The number of nitrogens with zero attached hydrogens (tertiary/aromatic N) is 3. The van der Waals surface area contributed by atoms with Crippen LogP contribution in [0, 0.1) is 0 Å². The number of nitrogens with two attached hydrogens (primary N) is 1. The number of esters is 1. The number of sulfonamides is 1. The van der Waals surface area contributed by atoms with Gasteiger partial charge < -0.3 is 19.3 Å². The van der Waals surface area contributed by atoms with Gasteiger partial charge in [-0.25, -0.2) is 18.4 Å². The van der Waals surface area contributed by atoms with Crippen molar-refractivity contribution in [3.8, 4) is 0 Å². The summed E-state index contributed by atoms with van der Waals surface area (Å²) in [6.07, 6.45) is 0. The van der Waals surface area contributed by atoms with E-state index in [0.717, 1.165) is 13.1 Å². The molecule has 2 heterocycles. The first-order valence-corrected chi connectivity index (χ1v) is 10.9. The number of hydrogen-bond acceptors (Lipinski definition) is 8. The third kappa shape index (κ3) is 5.24. The summed E-state index contributed by atoms with van der Waals surface area (Å²) in [7, 11) is -2.71. The molecule has 1 amide bonds. The van der Waals surface area contributed by atoms with E-state index < -0.39 is 16.0 Å². The first kappa shape index (κ1) is 21.5. The predicted molar refractivity (Wildman–Crippen MR) is 105 cm³/mol. The SMILES string of the molecule is COC(=O)c1cc(S(N)(=O)=O)ccc1N1CCN(C(=O)CN2CCOCC2)CC1. The van der Waals surface area contributed by atoms with E-state index in [-0.39, 0.29) is 16.4 Å². The average Bonchev–Trinajstić information content (AvgIpc) is 2.73. The Hall–Kier alpha value is -2.21. The number of morpholine rings is 1. The predicted octanol–water partition coefficient (Wildman–Crippen LogP) is -0.899. The highest BCUT2D eigenvalue weighted by Crippen LogP contribution is 2.26. The number of carbonyl (C=O) groups is 2. The van der Waals surface area contributed by atoms with Crippen LogP contribution in [0.2, 0.25) is 0 Å². The van der Waals surface area contributed by atoms with Crippen LogP contribution in [0.25, 0.3) is 0 Å². The molecular weight excluding hydrogens is 400 g/mol. The van der Waals surface area contributed by atoms with Crippen molar-refractivity contribution in [3.05, 3.63) is 23.8 Å². The monoisotopic (exact) mass is 426 g/mol. The summed E-state index contributed by atoms with van der Waals surface area (Å²) < 4.78 is 33.3. The zero-order valence-corrected chi connectivity index (χ0v) is 17.2. The Balaban J connectivity index is 1.68. The van der Waals surface area contributed by atoms with E-state index in [1.165, 1.54) is 19.2 Å². The molecule has 0 aliphatic carbocycles. The maximum absolute atomic E-state index is 12.6. The number of methoxy groups -OCH3 is 1. The normalized spacial score (nSPS) is 18.6. The van der Waals surface area contributed by atoms with Crippen LogP contribution in [0.1, 0.15) is 10.4 Å². The topological polar surface area (TPSA) is 122 Å². The van der Waals surface area contributed by atoms with Gasteiger partial charge in [-0.1, -0.05) is 0 Å². The molecular formula is C18H26N4O6S. The maximum Gasteiger partial charge on any atom is 0.340 e. The second-order valence-electron chi connectivity index (χ2n) is 6.97. The van der Waals surface area contributed by atoms with Crippen LogP contribution in [0.3, 0.4) is 0 Å². The molecule has 2 saturated heterocycles. The third-order valence-corrected chi connectivity index (χ3v) is 6.05. The van der Waals surface area contributed by atoms with Crippen LogP contribution >= 0.6 is 0 Å². The zero-order valence-electron chi connectivity index (χ0n) is 16.4. The molecule has 2 fully saturated rings. The van der Waals surface area contributed by atoms with Gasteiger partial charge in [0.25, 0.3) is 0 Å². The lowest BCUT2D eigenvalue weighted by atomic mass is 10.1. The van der Waals surface area contributed by atoms with Crippen LogP contribution in [0.5, 0.6) is 0 Å². The lowest BCUT2D eigenvalue weighted by Gasteiger charge is -2.38. The summed E-state index contributed by atoms with van der Waals surface area (Å²) in [5.41, 5.74) is 0.691. The van der Waals surface area contributed by atoms with Gasteiger partial charge in [0.2, 0.25) is 15.9 Å². The lowest BCUT2D eigenvalue weighted by Crippen LogP contribution is -2.52. The molecule has 3 rings (SSSR count). The van der Waals surface area contributed by atoms with Crippen molar-refractivity contribution < 1.29 is 27.5 Å². The number of ether oxygens (including phenoxy) is 2. The molecule has 1 aromatic rings. The van der Waals surface area contributed by atoms with Gasteiger partial charge in [-0.05, 0) is 18.2 Å². The summed E-state index contributed by atoms with van der Waals surface area (Å²) in [4.78, 5) is 30.4. The van der Waals surface area contributed by atoms with Crippen molar-refractivity contribution in [1.29, 1.82) is 0 Å². The van der Waals surface area contributed by atoms with Crippen LogP contribution in [-0.4, -0.2) is 96.2 Å². The quantitative estimate of drug-likeness (QED) is 0.601. The number of primary sulfonamides is 1. The van der Waals surface area contributed by atoms with Crippen LogP contribution in [0.15, 0.2) is 23.1 Å². The Morgan fingerprint density at radius 3 is 2.34 bits per heavy atom. The van der Waals surface area contributed by atoms with E-state index in [4.69, 9.17) is 14.6 Å². The molecule has 1 aromatic carbocycles. The van der Waals surface area contributed by atoms with Crippen LogP contribution in [-0.2, 0) is 24.3 Å². The highest BCUT2D eigenvalue weighted by atomic mass is 32.2. The molecule has 2 N–H and O–H groups in total. The van der Waals surface area contributed by atoms with Crippen molar-refractivity contribution in [1.82, 2.24) is 9.80 Å². The van der Waals surface area contributed by atoms with Gasteiger partial charge in [-0.2, -0.15) is 0 Å². The van der Waals surface area contributed by atoms with Gasteiger partial charge >= 0.3 is 5.97 Å². The van der Waals surface area contributed by atoms with Crippen molar-refractivity contribution >= 4 is 27.6 Å². The fourth-order valence-electron chi connectivity index (χ4n) is 3.49. The average molecular weight is 426 g/mol. The van der Waals surface area contributed by atoms with Gasteiger partial charge in [0, 0.05) is 39.3 Å². The second kappa shape index (κ2) is 9.08. The minimum absolute atomic E-state index is 0.0734. The fraction of sp³-hybridized carbons (Fsp3) is 0.556. The van der Waals surface area contributed by atoms with E-state index in [0.29, 0.717) is 51.6 Å². The van der Waals surface area contributed by atoms with E-state index in [1.807, 2.05) is 9.80 Å². The summed E-state index contributed by atoms with van der Waals surface area (Å²) in [6, 6.07) is 4.15. The summed E-state index contributed by atoms with van der Waals surface area (Å²) in [5.74, 6) is -0.569. The highest BCUT2D eigenvalue weighted by molar-refractivity contribution is 7.89. The Morgan fingerprint density at radius 1 is 1.10 bits per heavy atom. The Morgan fingerprint density at radius 2 is 1.76 bits per heavy atom. The molecule has 0 atom stereocenters. The van der Waals surface area contributed by atoms with Crippen molar-refractivity contribution in [2.24, 2.45) is 5.14 Å². The van der Waals surface area contributed by atoms with Gasteiger partial charge in [0.1, 0.15) is 0 Å². The first-order chi connectivity index (χ1) is 13.8. The molecule has 11 heteroatoms. The van der Waals surface area contributed by atoms with Crippen molar-refractivity contribution in [3.63, 3.8) is 0 Å². The fourth-order valence-corrected chi connectivity index (χ4v) is 4.03. The highest BCUT2D eigenvalue weighted by Gasteiger charge is 2.26. The summed E-state index contributed by atoms with van der Waals surface area (Å²) in [6.45, 7) is 5.25. The van der Waals surface area contributed by atoms with E-state index in [1.54, 1.807) is 6.07 Å². The van der Waals surface area contributed by atoms with Crippen LogP contribution in [0.4, 0.5) is 5.69 Å². The second-order valence-corrected chi connectivity index (χ2v) is 8.53. The minimum Gasteiger partial charge on any atom is -0.465 e. The standard InChI is InChI=1S/C18H26N4O6S/c1-27-18(24)15-12-14(29(19,25)26)2-3-16(15)21-4-6-22(7-5-21)17(23)13-20-8-10-28-11-9-20/h2-3,12H,4-11,13H2,1H3,(H2,19,25,26). The van der Waals surface area contributed by atoms with Crippen molar-refractivity contribution in [2.45, 2.75) is 4.90 Å². The van der Waals surface area contributed by atoms with E-state index >= 15 is 0 Å². The van der Waals surface area contributed by atoms with Gasteiger partial charge in [-0.3, -0.25) is 9.69 Å². The third-order valence-electron chi connectivity index (χ3n) is 5.14. The van der Waals surface area contributed by atoms with E-state index in [2.05, 4.69) is 4.90 Å². The zero-order chi connectivity index (χ0) is 21.0. The first-order valence-electron chi connectivity index (χ1n) is 9.37. The number of rotatable bonds is 5. The molecule has 0 unspecified atom stereocenters. The summed E-state index contributed by atoms with van der Waals surface area (Å²) >= 11 is 0. The molecule has 0 aromatic heterocycles. The molecule has 0 spiro atoms. The Bertz CT molecular complexity index is 861. The lowest BCUT2D eigenvalue weighted by molar-refractivity contribution is -0.133. The van der Waals surface area contributed by atoms with Gasteiger partial charge in [0.15, 0.2) is 0 Å². The van der Waals surface area contributed by atoms with E-state index in [9.17, 15) is 18.0 Å². The number of hydrogen-bond donors (Lipinski definition) is 1. The Labute approximate surface area is 170 Å². The molecule has 29 heavy (non-hydrogen) atoms. The number of piperazine rings is 1. The van der Waals surface area contributed by atoms with Gasteiger partial charge in [-0.15, -0.1) is 0 Å². The smallest absolute Gasteiger partial charge is 0.340 e. The number of benzene rings is 1. The summed E-state index contributed by atoms with van der Waals surface area (Å²) in [5, 5.41) is 5.17. The molecule has 2 aliphatic heterocycles. The molecule has 10 nitrogen and oxygen atoms in total. The number of anilines is 1. The molecule has 160 valence electrons. The largest absolute Gasteiger partial charge is 0.465 e. The molecule has 0 bridgehead atoms. The molecule has 0 radical (unpaired) electrons. The number of amides is 1. The van der Waals surface area contributed by atoms with Crippen molar-refractivity contribution in [2.75, 3.05) is 71.0 Å². The minimum atomic E-state index is -3.94. The molecule has 2 aliphatic rings. The maximum atomic E-state index is 12.6.